The lowest BCUT2D eigenvalue weighted by atomic mass is 10.2. The van der Waals surface area contributed by atoms with Crippen LogP contribution in [0.2, 0.25) is 0 Å². The summed E-state index contributed by atoms with van der Waals surface area (Å²) in [4.78, 5) is 11.1. The van der Waals surface area contributed by atoms with Gasteiger partial charge in [-0.1, -0.05) is 12.1 Å². The van der Waals surface area contributed by atoms with Crippen molar-refractivity contribution in [2.24, 2.45) is 0 Å². The van der Waals surface area contributed by atoms with Crippen LogP contribution in [0.15, 0.2) is 41.8 Å². The van der Waals surface area contributed by atoms with E-state index in [9.17, 15) is 4.79 Å². The van der Waals surface area contributed by atoms with Crippen LogP contribution in [-0.2, 0) is 11.4 Å². The Bertz CT molecular complexity index is 665. The molecule has 0 amide bonds. The molecule has 1 heterocycles. The van der Waals surface area contributed by atoms with Crippen molar-refractivity contribution in [3.05, 3.63) is 57.8 Å². The van der Waals surface area contributed by atoms with E-state index < -0.39 is 5.97 Å². The van der Waals surface area contributed by atoms with Crippen LogP contribution >= 0.6 is 11.3 Å². The molecular formula is C15H11NO3S. The molecule has 0 fully saturated rings. The average Bonchev–Trinajstić information content (AvgIpc) is 2.91. The number of thiophene rings is 1. The lowest BCUT2D eigenvalue weighted by Crippen LogP contribution is -1.95. The van der Waals surface area contributed by atoms with Gasteiger partial charge in [0.15, 0.2) is 0 Å². The number of ether oxygens (including phenoxy) is 1. The molecule has 2 aromatic rings. The third-order valence-electron chi connectivity index (χ3n) is 2.54. The van der Waals surface area contributed by atoms with E-state index in [4.69, 9.17) is 15.1 Å². The number of aliphatic carboxylic acids is 1. The largest absolute Gasteiger partial charge is 0.489 e. The van der Waals surface area contributed by atoms with E-state index in [0.717, 1.165) is 17.2 Å². The molecule has 4 nitrogen and oxygen atoms in total. The molecule has 0 spiro atoms. The molecule has 0 bridgehead atoms. The summed E-state index contributed by atoms with van der Waals surface area (Å²) in [6, 6.07) is 11.1. The van der Waals surface area contributed by atoms with E-state index in [1.165, 1.54) is 17.4 Å². The molecular weight excluding hydrogens is 274 g/mol. The maximum Gasteiger partial charge on any atom is 0.328 e. The number of benzene rings is 1. The predicted octanol–water partition coefficient (Wildman–Crippen LogP) is 3.30. The quantitative estimate of drug-likeness (QED) is 0.856. The van der Waals surface area contributed by atoms with E-state index in [1.54, 1.807) is 24.3 Å². The van der Waals surface area contributed by atoms with E-state index in [1.807, 2.05) is 11.4 Å². The summed E-state index contributed by atoms with van der Waals surface area (Å²) in [5, 5.41) is 19.3. The van der Waals surface area contributed by atoms with E-state index in [2.05, 4.69) is 6.07 Å². The Labute approximate surface area is 120 Å². The fourth-order valence-corrected chi connectivity index (χ4v) is 2.25. The zero-order chi connectivity index (χ0) is 14.4. The molecule has 1 aromatic heterocycles. The number of carboxylic acids is 1. The molecule has 0 aliphatic heterocycles. The van der Waals surface area contributed by atoms with Gasteiger partial charge in [-0.2, -0.15) is 5.26 Å². The summed E-state index contributed by atoms with van der Waals surface area (Å²) in [6.07, 6.45) is 2.60. The van der Waals surface area contributed by atoms with Crippen molar-refractivity contribution in [2.75, 3.05) is 0 Å². The molecule has 0 saturated heterocycles. The third-order valence-corrected chi connectivity index (χ3v) is 3.40. The Morgan fingerprint density at radius 2 is 2.10 bits per heavy atom. The van der Waals surface area contributed by atoms with Crippen molar-refractivity contribution in [3.8, 4) is 11.8 Å². The second-order valence-electron chi connectivity index (χ2n) is 3.92. The van der Waals surface area contributed by atoms with Crippen LogP contribution in [0.25, 0.3) is 6.08 Å². The molecule has 1 aromatic carbocycles. The van der Waals surface area contributed by atoms with Crippen molar-refractivity contribution in [2.45, 2.75) is 6.61 Å². The standard InChI is InChI=1S/C15H11NO3S/c16-9-14-12(7-8-20-14)10-19-13-4-1-11(2-5-13)3-6-15(17)18/h1-8H,10H2,(H,17,18)/b6-3+. The zero-order valence-electron chi connectivity index (χ0n) is 10.4. The molecule has 0 unspecified atom stereocenters. The molecule has 0 radical (unpaired) electrons. The van der Waals surface area contributed by atoms with Crippen LogP contribution in [0.1, 0.15) is 16.0 Å². The van der Waals surface area contributed by atoms with Crippen molar-refractivity contribution < 1.29 is 14.6 Å². The van der Waals surface area contributed by atoms with Crippen molar-refractivity contribution in [3.63, 3.8) is 0 Å². The molecule has 0 saturated carbocycles. The lowest BCUT2D eigenvalue weighted by Gasteiger charge is -2.05. The summed E-state index contributed by atoms with van der Waals surface area (Å²) in [5.74, 6) is -0.306. The highest BCUT2D eigenvalue weighted by Crippen LogP contribution is 2.19. The summed E-state index contributed by atoms with van der Waals surface area (Å²) in [6.45, 7) is 0.344. The van der Waals surface area contributed by atoms with Gasteiger partial charge in [0.05, 0.1) is 0 Å². The fraction of sp³-hybridized carbons (Fsp3) is 0.0667. The minimum Gasteiger partial charge on any atom is -0.489 e. The minimum atomic E-state index is -0.980. The summed E-state index contributed by atoms with van der Waals surface area (Å²) >= 11 is 1.39. The highest BCUT2D eigenvalue weighted by Gasteiger charge is 2.04. The number of nitriles is 1. The zero-order valence-corrected chi connectivity index (χ0v) is 11.3. The Balaban J connectivity index is 1.98. The number of nitrogens with zero attached hydrogens (tertiary/aromatic N) is 1. The molecule has 2 rings (SSSR count). The number of carboxylic acid groups (broad SMARTS) is 1. The van der Waals surface area contributed by atoms with Crippen LogP contribution in [0.3, 0.4) is 0 Å². The Morgan fingerprint density at radius 1 is 1.35 bits per heavy atom. The number of hydrogen-bond donors (Lipinski definition) is 1. The van der Waals surface area contributed by atoms with E-state index >= 15 is 0 Å². The SMILES string of the molecule is N#Cc1sccc1COc1ccc(/C=C/C(=O)O)cc1. The molecule has 1 N–H and O–H groups in total. The van der Waals surface area contributed by atoms with E-state index in [-0.39, 0.29) is 0 Å². The maximum atomic E-state index is 10.4. The number of hydrogen-bond acceptors (Lipinski definition) is 4. The smallest absolute Gasteiger partial charge is 0.328 e. The van der Waals surface area contributed by atoms with Gasteiger partial charge in [-0.25, -0.2) is 4.79 Å². The summed E-state index contributed by atoms with van der Waals surface area (Å²) in [5.41, 5.74) is 1.65. The highest BCUT2D eigenvalue weighted by molar-refractivity contribution is 7.10. The van der Waals surface area contributed by atoms with Crippen LogP contribution < -0.4 is 4.74 Å². The van der Waals surface area contributed by atoms with Crippen LogP contribution in [0.5, 0.6) is 5.75 Å². The van der Waals surface area contributed by atoms with E-state index in [0.29, 0.717) is 17.2 Å². The van der Waals surface area contributed by atoms with Gasteiger partial charge in [0.2, 0.25) is 0 Å². The summed E-state index contributed by atoms with van der Waals surface area (Å²) in [7, 11) is 0. The van der Waals surface area contributed by atoms with Crippen LogP contribution in [0, 0.1) is 11.3 Å². The van der Waals surface area contributed by atoms with Gasteiger partial charge in [-0.3, -0.25) is 0 Å². The van der Waals surface area contributed by atoms with Crippen molar-refractivity contribution in [1.29, 1.82) is 5.26 Å². The second kappa shape index (κ2) is 6.55. The topological polar surface area (TPSA) is 70.3 Å². The number of rotatable bonds is 5. The monoisotopic (exact) mass is 285 g/mol. The maximum absolute atomic E-state index is 10.4. The van der Waals surface area contributed by atoms with Gasteiger partial charge >= 0.3 is 5.97 Å². The summed E-state index contributed by atoms with van der Waals surface area (Å²) < 4.78 is 5.59. The van der Waals surface area contributed by atoms with Crippen LogP contribution in [-0.4, -0.2) is 11.1 Å². The molecule has 0 aliphatic rings. The number of carbonyl (C=O) groups is 1. The Morgan fingerprint density at radius 3 is 2.75 bits per heavy atom. The minimum absolute atomic E-state index is 0.344. The van der Waals surface area contributed by atoms with Gasteiger partial charge in [0, 0.05) is 11.6 Å². The molecule has 100 valence electrons. The molecule has 0 atom stereocenters. The molecule has 20 heavy (non-hydrogen) atoms. The average molecular weight is 285 g/mol. The van der Waals surface area contributed by atoms with Gasteiger partial charge in [0.25, 0.3) is 0 Å². The predicted molar refractivity (Wildman–Crippen MR) is 76.5 cm³/mol. The first kappa shape index (κ1) is 13.8. The Hall–Kier alpha value is -2.58. The first-order valence-electron chi connectivity index (χ1n) is 5.79. The first-order chi connectivity index (χ1) is 9.69. The fourth-order valence-electron chi connectivity index (χ4n) is 1.55. The molecule has 5 heteroatoms. The van der Waals surface area contributed by atoms with Gasteiger partial charge in [-0.15, -0.1) is 11.3 Å². The van der Waals surface area contributed by atoms with Gasteiger partial charge < -0.3 is 9.84 Å². The van der Waals surface area contributed by atoms with Gasteiger partial charge in [-0.05, 0) is 35.2 Å². The van der Waals surface area contributed by atoms with Crippen molar-refractivity contribution >= 4 is 23.4 Å². The first-order valence-corrected chi connectivity index (χ1v) is 6.67. The second-order valence-corrected chi connectivity index (χ2v) is 4.83. The normalized spacial score (nSPS) is 10.3. The van der Waals surface area contributed by atoms with Crippen molar-refractivity contribution in [1.82, 2.24) is 0 Å². The van der Waals surface area contributed by atoms with Crippen LogP contribution in [0.4, 0.5) is 0 Å². The Kier molecular flexibility index (Phi) is 4.53. The molecule has 0 aliphatic carbocycles. The lowest BCUT2D eigenvalue weighted by molar-refractivity contribution is -0.131. The third kappa shape index (κ3) is 3.70. The van der Waals surface area contributed by atoms with Gasteiger partial charge in [0.1, 0.15) is 23.3 Å². The highest BCUT2D eigenvalue weighted by atomic mass is 32.1.